The largest absolute Gasteiger partial charge is 0.354 e. The van der Waals surface area contributed by atoms with Gasteiger partial charge in [-0.25, -0.2) is 19.3 Å². The van der Waals surface area contributed by atoms with Gasteiger partial charge in [-0.1, -0.05) is 6.07 Å². The van der Waals surface area contributed by atoms with Crippen molar-refractivity contribution < 1.29 is 4.79 Å². The zero-order valence-electron chi connectivity index (χ0n) is 13.7. The Bertz CT molecular complexity index is 809. The maximum atomic E-state index is 11.9. The Morgan fingerprint density at radius 3 is 2.88 bits per heavy atom. The highest BCUT2D eigenvalue weighted by atomic mass is 16.2. The average Bonchev–Trinajstić information content (AvgIpc) is 3.18. The molecule has 0 aliphatic heterocycles. The highest BCUT2D eigenvalue weighted by Crippen LogP contribution is 2.16. The Kier molecular flexibility index (Phi) is 4.64. The molecule has 3 heterocycles. The molecule has 24 heavy (non-hydrogen) atoms. The number of amides is 1. The summed E-state index contributed by atoms with van der Waals surface area (Å²) in [6.07, 6.45) is 5.39. The number of carbonyl (C=O) groups excluding carboxylic acids is 1. The summed E-state index contributed by atoms with van der Waals surface area (Å²) in [6, 6.07) is 5.73. The smallest absolute Gasteiger partial charge is 0.241 e. The Morgan fingerprint density at radius 1 is 1.29 bits per heavy atom. The van der Waals surface area contributed by atoms with Gasteiger partial charge in [-0.3, -0.25) is 4.79 Å². The van der Waals surface area contributed by atoms with Crippen LogP contribution >= 0.6 is 0 Å². The van der Waals surface area contributed by atoms with Crippen molar-refractivity contribution in [2.75, 3.05) is 6.54 Å². The van der Waals surface area contributed by atoms with Crippen molar-refractivity contribution >= 4 is 5.91 Å². The van der Waals surface area contributed by atoms with Crippen LogP contribution in [-0.2, 0) is 17.8 Å². The van der Waals surface area contributed by atoms with E-state index in [1.165, 1.54) is 17.3 Å². The maximum Gasteiger partial charge on any atom is 0.241 e. The number of carbonyl (C=O) groups is 1. The van der Waals surface area contributed by atoms with Gasteiger partial charge in [0.15, 0.2) is 5.82 Å². The molecule has 0 saturated carbocycles. The van der Waals surface area contributed by atoms with Crippen molar-refractivity contribution in [1.82, 2.24) is 34.8 Å². The van der Waals surface area contributed by atoms with Crippen LogP contribution in [0.4, 0.5) is 0 Å². The summed E-state index contributed by atoms with van der Waals surface area (Å²) < 4.78 is 3.33. The van der Waals surface area contributed by atoms with Gasteiger partial charge in [-0.05, 0) is 38.0 Å². The number of aryl methyl sites for hydroxylation is 1. The van der Waals surface area contributed by atoms with Crippen LogP contribution in [0.3, 0.4) is 0 Å². The first-order valence-corrected chi connectivity index (χ1v) is 7.71. The lowest BCUT2D eigenvalue weighted by molar-refractivity contribution is -0.121. The van der Waals surface area contributed by atoms with Crippen LogP contribution in [0.15, 0.2) is 37.1 Å². The van der Waals surface area contributed by atoms with E-state index in [1.54, 1.807) is 6.20 Å². The van der Waals surface area contributed by atoms with Crippen molar-refractivity contribution in [2.45, 2.75) is 26.8 Å². The van der Waals surface area contributed by atoms with Gasteiger partial charge in [0.25, 0.3) is 0 Å². The van der Waals surface area contributed by atoms with E-state index in [9.17, 15) is 4.79 Å². The first-order valence-electron chi connectivity index (χ1n) is 7.71. The number of nitrogens with zero attached hydrogens (tertiary/aromatic N) is 6. The fourth-order valence-corrected chi connectivity index (χ4v) is 2.58. The predicted octanol–water partition coefficient (Wildman–Crippen LogP) is 0.835. The Morgan fingerprint density at radius 2 is 2.17 bits per heavy atom. The highest BCUT2D eigenvalue weighted by molar-refractivity contribution is 5.75. The van der Waals surface area contributed by atoms with Crippen molar-refractivity contribution in [3.63, 3.8) is 0 Å². The molecule has 3 aromatic rings. The quantitative estimate of drug-likeness (QED) is 0.725. The lowest BCUT2D eigenvalue weighted by Gasteiger charge is -2.06. The second kappa shape index (κ2) is 7.03. The van der Waals surface area contributed by atoms with Crippen LogP contribution in [-0.4, -0.2) is 42.0 Å². The maximum absolute atomic E-state index is 11.9. The zero-order chi connectivity index (χ0) is 16.9. The van der Waals surface area contributed by atoms with E-state index < -0.39 is 0 Å². The Hall–Kier alpha value is -3.03. The third-order valence-electron chi connectivity index (χ3n) is 3.78. The van der Waals surface area contributed by atoms with Crippen LogP contribution in [0.2, 0.25) is 0 Å². The van der Waals surface area contributed by atoms with Gasteiger partial charge < -0.3 is 5.32 Å². The normalized spacial score (nSPS) is 10.8. The molecule has 1 amide bonds. The van der Waals surface area contributed by atoms with Crippen molar-refractivity contribution in [2.24, 2.45) is 0 Å². The molecule has 0 bridgehead atoms. The monoisotopic (exact) mass is 325 g/mol. The van der Waals surface area contributed by atoms with Gasteiger partial charge in [0, 0.05) is 18.4 Å². The van der Waals surface area contributed by atoms with Crippen molar-refractivity contribution in [3.8, 4) is 5.82 Å². The van der Waals surface area contributed by atoms with E-state index in [0.29, 0.717) is 13.0 Å². The molecular weight excluding hydrogens is 306 g/mol. The van der Waals surface area contributed by atoms with Crippen LogP contribution < -0.4 is 5.32 Å². The average molecular weight is 325 g/mol. The molecule has 0 unspecified atom stereocenters. The standard InChI is InChI=1S/C16H19N7O/c1-12-14(6-8-19-16(24)9-22-11-17-10-20-22)13(2)23(21-12)15-5-3-4-7-18-15/h3-5,7,10-11H,6,8-9H2,1-2H3,(H,19,24). The van der Waals surface area contributed by atoms with E-state index in [-0.39, 0.29) is 12.5 Å². The molecule has 0 saturated heterocycles. The SMILES string of the molecule is Cc1nn(-c2ccccn2)c(C)c1CCNC(=O)Cn1cncn1. The first-order chi connectivity index (χ1) is 11.6. The van der Waals surface area contributed by atoms with E-state index in [4.69, 9.17) is 0 Å². The molecule has 0 aliphatic rings. The molecule has 1 N–H and O–H groups in total. The summed E-state index contributed by atoms with van der Waals surface area (Å²) >= 11 is 0. The van der Waals surface area contributed by atoms with Gasteiger partial charge in [0.2, 0.25) is 5.91 Å². The Balaban J connectivity index is 1.61. The van der Waals surface area contributed by atoms with Gasteiger partial charge >= 0.3 is 0 Å². The molecule has 8 nitrogen and oxygen atoms in total. The van der Waals surface area contributed by atoms with E-state index in [0.717, 1.165) is 22.8 Å². The molecule has 8 heteroatoms. The molecule has 0 aromatic carbocycles. The highest BCUT2D eigenvalue weighted by Gasteiger charge is 2.13. The molecule has 0 radical (unpaired) electrons. The minimum Gasteiger partial charge on any atom is -0.354 e. The lowest BCUT2D eigenvalue weighted by atomic mass is 10.1. The zero-order valence-corrected chi connectivity index (χ0v) is 13.7. The predicted molar refractivity (Wildman–Crippen MR) is 87.6 cm³/mol. The van der Waals surface area contributed by atoms with Gasteiger partial charge in [-0.2, -0.15) is 10.2 Å². The number of nitrogens with one attached hydrogen (secondary N) is 1. The topological polar surface area (TPSA) is 90.5 Å². The number of hydrogen-bond acceptors (Lipinski definition) is 5. The molecule has 3 aromatic heterocycles. The van der Waals surface area contributed by atoms with Gasteiger partial charge in [0.1, 0.15) is 19.2 Å². The number of hydrogen-bond donors (Lipinski definition) is 1. The molecule has 0 aliphatic carbocycles. The summed E-state index contributed by atoms with van der Waals surface area (Å²) in [5.74, 6) is 0.701. The van der Waals surface area contributed by atoms with Gasteiger partial charge in [-0.15, -0.1) is 0 Å². The van der Waals surface area contributed by atoms with Crippen LogP contribution in [0, 0.1) is 13.8 Å². The van der Waals surface area contributed by atoms with E-state index in [1.807, 2.05) is 36.7 Å². The minimum absolute atomic E-state index is 0.0899. The second-order valence-electron chi connectivity index (χ2n) is 5.44. The summed E-state index contributed by atoms with van der Waals surface area (Å²) in [4.78, 5) is 20.0. The summed E-state index contributed by atoms with van der Waals surface area (Å²) in [6.45, 7) is 4.70. The van der Waals surface area contributed by atoms with Crippen LogP contribution in [0.25, 0.3) is 5.82 Å². The van der Waals surface area contributed by atoms with E-state index in [2.05, 4.69) is 25.5 Å². The van der Waals surface area contributed by atoms with Gasteiger partial charge in [0.05, 0.1) is 5.69 Å². The molecule has 3 rings (SSSR count). The summed E-state index contributed by atoms with van der Waals surface area (Å²) in [7, 11) is 0. The van der Waals surface area contributed by atoms with E-state index >= 15 is 0 Å². The minimum atomic E-state index is -0.0899. The third-order valence-corrected chi connectivity index (χ3v) is 3.78. The third kappa shape index (κ3) is 3.48. The number of aromatic nitrogens is 6. The van der Waals surface area contributed by atoms with Crippen LogP contribution in [0.5, 0.6) is 0 Å². The summed E-state index contributed by atoms with van der Waals surface area (Å²) in [5.41, 5.74) is 3.11. The van der Waals surface area contributed by atoms with Crippen LogP contribution in [0.1, 0.15) is 17.0 Å². The first kappa shape index (κ1) is 15.9. The number of pyridine rings is 1. The Labute approximate surface area is 139 Å². The molecule has 0 spiro atoms. The lowest BCUT2D eigenvalue weighted by Crippen LogP contribution is -2.29. The fraction of sp³-hybridized carbons (Fsp3) is 0.312. The molecular formula is C16H19N7O. The fourth-order valence-electron chi connectivity index (χ4n) is 2.58. The summed E-state index contributed by atoms with van der Waals surface area (Å²) in [5, 5.41) is 11.4. The van der Waals surface area contributed by atoms with Crippen molar-refractivity contribution in [3.05, 3.63) is 54.0 Å². The van der Waals surface area contributed by atoms with Crippen molar-refractivity contribution in [1.29, 1.82) is 0 Å². The number of rotatable bonds is 6. The molecule has 0 atom stereocenters. The molecule has 124 valence electrons. The molecule has 0 fully saturated rings. The second-order valence-corrected chi connectivity index (χ2v) is 5.44.